The molecular weight excluding hydrogens is 145 g/mol. The molecule has 0 amide bonds. The summed E-state index contributed by atoms with van der Waals surface area (Å²) in [5.74, 6) is 5.10. The van der Waals surface area contributed by atoms with Crippen molar-refractivity contribution in [3.8, 4) is 0 Å². The molecule has 0 saturated carbocycles. The quantitative estimate of drug-likeness (QED) is 0.476. The van der Waals surface area contributed by atoms with E-state index in [-0.39, 0.29) is 0 Å². The van der Waals surface area contributed by atoms with Crippen LogP contribution in [0.3, 0.4) is 0 Å². The van der Waals surface area contributed by atoms with E-state index < -0.39 is 13.3 Å². The summed E-state index contributed by atoms with van der Waals surface area (Å²) >= 11 is -0.972. The Morgan fingerprint density at radius 1 is 1.00 bits per heavy atom. The van der Waals surface area contributed by atoms with Gasteiger partial charge in [-0.3, -0.25) is 0 Å². The summed E-state index contributed by atoms with van der Waals surface area (Å²) in [4.78, 5) is 0. The van der Waals surface area contributed by atoms with Crippen LogP contribution >= 0.6 is 0 Å². The first-order chi connectivity index (χ1) is 3.21. The molecule has 42 valence electrons. The van der Waals surface area contributed by atoms with Gasteiger partial charge in [0, 0.05) is 0 Å². The first kappa shape index (κ1) is 5.68. The predicted molar refractivity (Wildman–Crippen MR) is 36.3 cm³/mol. The van der Waals surface area contributed by atoms with E-state index in [9.17, 15) is 0 Å². The van der Waals surface area contributed by atoms with E-state index in [1.54, 1.807) is 23.3 Å². The van der Waals surface area contributed by atoms with E-state index in [1.165, 1.54) is 0 Å². The molecule has 1 aliphatic rings. The molecule has 1 rings (SSSR count). The van der Waals surface area contributed by atoms with Crippen molar-refractivity contribution in [2.24, 2.45) is 0 Å². The van der Waals surface area contributed by atoms with Crippen LogP contribution in [0.2, 0.25) is 22.0 Å². The average Bonchev–Trinajstić information content (AvgIpc) is 1.84. The molecule has 7 heavy (non-hydrogen) atoms. The molecule has 0 radical (unpaired) electrons. The Balaban J connectivity index is 2.40. The molecule has 0 aromatic carbocycles. The Morgan fingerprint density at radius 3 is 1.57 bits per heavy atom. The maximum atomic E-state index is 2.55. The molecule has 0 aromatic rings. The summed E-state index contributed by atoms with van der Waals surface area (Å²) in [5.41, 5.74) is 0. The molecule has 0 N–H and O–H groups in total. The third kappa shape index (κ3) is 1.48. The Hall–Kier alpha value is 0.543. The van der Waals surface area contributed by atoms with Crippen molar-refractivity contribution in [3.05, 3.63) is 0 Å². The van der Waals surface area contributed by atoms with Crippen molar-refractivity contribution in [1.82, 2.24) is 0 Å². The minimum atomic E-state index is -0.972. The van der Waals surface area contributed by atoms with Crippen LogP contribution in [0.1, 0.15) is 12.8 Å². The van der Waals surface area contributed by atoms with Crippen LogP contribution in [0.25, 0.3) is 0 Å². The zero-order valence-corrected chi connectivity index (χ0v) is 7.43. The van der Waals surface area contributed by atoms with Gasteiger partial charge < -0.3 is 0 Å². The molecule has 1 fully saturated rings. The van der Waals surface area contributed by atoms with Crippen molar-refractivity contribution >= 4 is 13.3 Å². The molecule has 1 saturated heterocycles. The van der Waals surface area contributed by atoms with Crippen LogP contribution < -0.4 is 0 Å². The molecule has 0 aromatic heterocycles. The molecular formula is C6H14Ge. The van der Waals surface area contributed by atoms with Crippen LogP contribution in [0.4, 0.5) is 0 Å². The van der Waals surface area contributed by atoms with E-state index in [0.717, 1.165) is 0 Å². The SMILES string of the molecule is [CH3][Ge]1([CH3])[CH2]CC[CH2]1. The standard InChI is InChI=1S/C6H14Ge/c1-7(2)5-3-4-6-7/h3-6H2,1-2H3. The van der Waals surface area contributed by atoms with E-state index in [1.807, 2.05) is 0 Å². The summed E-state index contributed by atoms with van der Waals surface area (Å²) in [5, 5.41) is 3.28. The van der Waals surface area contributed by atoms with E-state index in [2.05, 4.69) is 11.5 Å². The van der Waals surface area contributed by atoms with E-state index >= 15 is 0 Å². The van der Waals surface area contributed by atoms with Gasteiger partial charge in [0.1, 0.15) is 0 Å². The molecule has 1 aliphatic heterocycles. The van der Waals surface area contributed by atoms with Gasteiger partial charge in [0.2, 0.25) is 0 Å². The fourth-order valence-corrected chi connectivity index (χ4v) is 6.92. The Labute approximate surface area is 48.7 Å². The van der Waals surface area contributed by atoms with Gasteiger partial charge in [0.25, 0.3) is 0 Å². The normalized spacial score (nSPS) is 28.3. The molecule has 1 heterocycles. The van der Waals surface area contributed by atoms with Crippen molar-refractivity contribution in [1.29, 1.82) is 0 Å². The molecule has 0 aliphatic carbocycles. The number of hydrogen-bond donors (Lipinski definition) is 0. The van der Waals surface area contributed by atoms with Crippen LogP contribution in [0.5, 0.6) is 0 Å². The number of rotatable bonds is 0. The predicted octanol–water partition coefficient (Wildman–Crippen LogP) is 2.49. The monoisotopic (exact) mass is 160 g/mol. The summed E-state index contributed by atoms with van der Waals surface area (Å²) < 4.78 is 0. The summed E-state index contributed by atoms with van der Waals surface area (Å²) in [6, 6.07) is 0. The maximum absolute atomic E-state index is 2.55. The van der Waals surface area contributed by atoms with Crippen LogP contribution in [-0.4, -0.2) is 13.3 Å². The molecule has 0 unspecified atom stereocenters. The molecule has 0 spiro atoms. The molecule has 0 nitrogen and oxygen atoms in total. The van der Waals surface area contributed by atoms with Gasteiger partial charge in [-0.15, -0.1) is 0 Å². The average molecular weight is 159 g/mol. The third-order valence-corrected chi connectivity index (χ3v) is 9.12. The molecule has 0 bridgehead atoms. The first-order valence-corrected chi connectivity index (χ1v) is 10.4. The van der Waals surface area contributed by atoms with Gasteiger partial charge in [-0.05, 0) is 0 Å². The second-order valence-electron chi connectivity index (χ2n) is 3.37. The minimum absolute atomic E-state index is 0.972. The van der Waals surface area contributed by atoms with E-state index in [4.69, 9.17) is 0 Å². The van der Waals surface area contributed by atoms with Gasteiger partial charge in [-0.2, -0.15) is 0 Å². The van der Waals surface area contributed by atoms with Crippen LogP contribution in [0.15, 0.2) is 0 Å². The number of hydrogen-bond acceptors (Lipinski definition) is 0. The van der Waals surface area contributed by atoms with Gasteiger partial charge >= 0.3 is 48.1 Å². The van der Waals surface area contributed by atoms with Crippen LogP contribution in [0, 0.1) is 0 Å². The Morgan fingerprint density at radius 2 is 1.43 bits per heavy atom. The molecule has 0 atom stereocenters. The van der Waals surface area contributed by atoms with Gasteiger partial charge in [0.15, 0.2) is 0 Å². The van der Waals surface area contributed by atoms with Crippen molar-refractivity contribution in [3.63, 3.8) is 0 Å². The van der Waals surface area contributed by atoms with Crippen molar-refractivity contribution in [2.45, 2.75) is 34.9 Å². The zero-order valence-electron chi connectivity index (χ0n) is 5.33. The van der Waals surface area contributed by atoms with Gasteiger partial charge in [-0.1, -0.05) is 0 Å². The fraction of sp³-hybridized carbons (Fsp3) is 1.00. The second-order valence-corrected chi connectivity index (χ2v) is 14.6. The van der Waals surface area contributed by atoms with E-state index in [0.29, 0.717) is 0 Å². The van der Waals surface area contributed by atoms with Gasteiger partial charge in [-0.25, -0.2) is 0 Å². The van der Waals surface area contributed by atoms with Crippen molar-refractivity contribution < 1.29 is 0 Å². The summed E-state index contributed by atoms with van der Waals surface area (Å²) in [6.07, 6.45) is 3.10. The first-order valence-electron chi connectivity index (χ1n) is 3.21. The fourth-order valence-electron chi connectivity index (χ4n) is 1.33. The van der Waals surface area contributed by atoms with Gasteiger partial charge in [0.05, 0.1) is 0 Å². The topological polar surface area (TPSA) is 0 Å². The summed E-state index contributed by atoms with van der Waals surface area (Å²) in [6.45, 7) is 0. The zero-order chi connectivity index (χ0) is 5.33. The molecule has 1 heteroatoms. The second kappa shape index (κ2) is 1.81. The Kier molecular flexibility index (Phi) is 1.47. The van der Waals surface area contributed by atoms with Crippen molar-refractivity contribution in [2.75, 3.05) is 0 Å². The van der Waals surface area contributed by atoms with Crippen LogP contribution in [-0.2, 0) is 0 Å². The summed E-state index contributed by atoms with van der Waals surface area (Å²) in [7, 11) is 0. The third-order valence-electron chi connectivity index (χ3n) is 1.96. The Bertz CT molecular complexity index is 58.6.